The minimum Gasteiger partial charge on any atom is -0.507 e. The number of unbranched alkanes of at least 4 members (excludes halogenated alkanes) is 2. The summed E-state index contributed by atoms with van der Waals surface area (Å²) in [6.07, 6.45) is 9.83. The molecular formula is C22H34NO4P. The van der Waals surface area contributed by atoms with E-state index in [4.69, 9.17) is 9.26 Å². The molecule has 2 unspecified atom stereocenters. The molecule has 0 heterocycles. The lowest BCUT2D eigenvalue weighted by Gasteiger charge is -2.24. The number of methoxy groups -OCH3 is 1. The highest BCUT2D eigenvalue weighted by molar-refractivity contribution is 7.30. The number of hydrogen-bond donors (Lipinski definition) is 2. The molecule has 2 N–H and O–H groups in total. The molecule has 6 heteroatoms. The van der Waals surface area contributed by atoms with Crippen LogP contribution in [0.1, 0.15) is 76.3 Å². The molecule has 156 valence electrons. The quantitative estimate of drug-likeness (QED) is 0.236. The van der Waals surface area contributed by atoms with Crippen LogP contribution in [0.15, 0.2) is 23.8 Å². The highest BCUT2D eigenvalue weighted by Crippen LogP contribution is 2.43. The normalized spacial score (nSPS) is 18.1. The van der Waals surface area contributed by atoms with Crippen molar-refractivity contribution in [2.45, 2.75) is 77.7 Å². The van der Waals surface area contributed by atoms with E-state index in [0.29, 0.717) is 11.5 Å². The molecule has 2 rings (SSSR count). The predicted molar refractivity (Wildman–Crippen MR) is 115 cm³/mol. The number of carbonyl (C=O) groups is 1. The van der Waals surface area contributed by atoms with Gasteiger partial charge in [0.25, 0.3) is 0 Å². The zero-order chi connectivity index (χ0) is 20.5. The van der Waals surface area contributed by atoms with Gasteiger partial charge in [0, 0.05) is 11.5 Å². The maximum Gasteiger partial charge on any atom is 0.322 e. The first-order valence-electron chi connectivity index (χ1n) is 10.2. The van der Waals surface area contributed by atoms with E-state index in [9.17, 15) is 9.90 Å². The van der Waals surface area contributed by atoms with Gasteiger partial charge in [-0.3, -0.25) is 9.88 Å². The molecule has 28 heavy (non-hydrogen) atoms. The molecule has 5 nitrogen and oxygen atoms in total. The summed E-state index contributed by atoms with van der Waals surface area (Å²) in [7, 11) is 1.28. The van der Waals surface area contributed by atoms with Gasteiger partial charge in [-0.1, -0.05) is 31.4 Å². The molecule has 1 aromatic carbocycles. The Kier molecular flexibility index (Phi) is 9.27. The van der Waals surface area contributed by atoms with E-state index in [1.807, 2.05) is 6.07 Å². The average molecular weight is 407 g/mol. The van der Waals surface area contributed by atoms with Crippen molar-refractivity contribution in [2.75, 3.05) is 7.11 Å². The van der Waals surface area contributed by atoms with Crippen molar-refractivity contribution in [3.8, 4) is 11.5 Å². The molecule has 0 fully saturated rings. The van der Waals surface area contributed by atoms with Gasteiger partial charge in [-0.2, -0.15) is 0 Å². The number of hydrogen-bond acceptors (Lipinski definition) is 5. The summed E-state index contributed by atoms with van der Waals surface area (Å²) >= 11 is 0. The van der Waals surface area contributed by atoms with Crippen molar-refractivity contribution < 1.29 is 19.2 Å². The summed E-state index contributed by atoms with van der Waals surface area (Å²) < 4.78 is 10.8. The number of carbonyl (C=O) groups excluding carboxylic acids is 1. The number of phenols is 1. The fourth-order valence-corrected chi connectivity index (χ4v) is 4.23. The second-order valence-electron chi connectivity index (χ2n) is 7.59. The fraction of sp³-hybridized carbons (Fsp3) is 0.591. The second-order valence-corrected chi connectivity index (χ2v) is 8.29. The Morgan fingerprint density at radius 3 is 2.86 bits per heavy atom. The highest BCUT2D eigenvalue weighted by atomic mass is 31.1. The maximum atomic E-state index is 11.6. The van der Waals surface area contributed by atoms with Crippen LogP contribution >= 0.6 is 8.96 Å². The first kappa shape index (κ1) is 22.7. The number of rotatable bonds is 10. The van der Waals surface area contributed by atoms with Crippen molar-refractivity contribution in [1.29, 1.82) is 0 Å². The van der Waals surface area contributed by atoms with Crippen LogP contribution in [-0.2, 0) is 16.0 Å². The Balaban J connectivity index is 2.21. The molecule has 0 spiro atoms. The first-order valence-corrected chi connectivity index (χ1v) is 11.1. The Morgan fingerprint density at radius 1 is 1.39 bits per heavy atom. The first-order chi connectivity index (χ1) is 13.5. The van der Waals surface area contributed by atoms with Gasteiger partial charge in [0.15, 0.2) is 0 Å². The van der Waals surface area contributed by atoms with E-state index in [0.717, 1.165) is 49.7 Å². The van der Waals surface area contributed by atoms with E-state index >= 15 is 0 Å². The van der Waals surface area contributed by atoms with Crippen molar-refractivity contribution in [2.24, 2.45) is 0 Å². The summed E-state index contributed by atoms with van der Waals surface area (Å²) in [5.41, 5.74) is 3.30. The van der Waals surface area contributed by atoms with E-state index in [-0.39, 0.29) is 20.8 Å². The van der Waals surface area contributed by atoms with Gasteiger partial charge in [0.05, 0.1) is 7.11 Å². The van der Waals surface area contributed by atoms with E-state index < -0.39 is 6.04 Å². The number of allylic oxidation sites excluding steroid dienone is 2. The standard InChI is InChI=1S/C22H34NO4P/c1-5-6-7-10-17-13-19(24)21(18-11-8-9-15(2)12-18)20(14-17)27-28-23-16(3)22(25)26-4/h12-14,16,18,23-24,28H,5-11H2,1-4H3/t16-,18?/m0/s1. The van der Waals surface area contributed by atoms with Gasteiger partial charge in [-0.15, -0.1) is 0 Å². The Hall–Kier alpha value is -1.58. The lowest BCUT2D eigenvalue weighted by Crippen LogP contribution is -2.29. The number of ether oxygens (including phenoxy) is 1. The fourth-order valence-electron chi connectivity index (χ4n) is 3.60. The van der Waals surface area contributed by atoms with Crippen LogP contribution in [0.4, 0.5) is 0 Å². The van der Waals surface area contributed by atoms with Crippen molar-refractivity contribution in [3.05, 3.63) is 34.9 Å². The largest absolute Gasteiger partial charge is 0.507 e. The van der Waals surface area contributed by atoms with Crippen molar-refractivity contribution in [1.82, 2.24) is 5.09 Å². The SMILES string of the molecule is CCCCCc1cc(O)c(C2C=C(C)CCC2)c(OPN[C@@H](C)C(=O)OC)c1. The van der Waals surface area contributed by atoms with Gasteiger partial charge in [0.2, 0.25) is 0 Å². The summed E-state index contributed by atoms with van der Waals surface area (Å²) in [5.74, 6) is 0.866. The molecule has 0 amide bonds. The number of phenolic OH excluding ortho intramolecular Hbond substituents is 1. The Bertz CT molecular complexity index is 689. The third kappa shape index (κ3) is 6.49. The van der Waals surface area contributed by atoms with Crippen LogP contribution in [-0.4, -0.2) is 24.2 Å². The monoisotopic (exact) mass is 407 g/mol. The van der Waals surface area contributed by atoms with E-state index in [2.05, 4.69) is 31.1 Å². The molecule has 1 aromatic rings. The van der Waals surface area contributed by atoms with Gasteiger partial charge < -0.3 is 14.4 Å². The Morgan fingerprint density at radius 2 is 2.18 bits per heavy atom. The average Bonchev–Trinajstić information content (AvgIpc) is 2.67. The lowest BCUT2D eigenvalue weighted by molar-refractivity contribution is -0.142. The summed E-state index contributed by atoms with van der Waals surface area (Å²) in [6, 6.07) is 3.51. The third-order valence-electron chi connectivity index (χ3n) is 5.18. The molecule has 0 saturated carbocycles. The zero-order valence-electron chi connectivity index (χ0n) is 17.5. The topological polar surface area (TPSA) is 67.8 Å². The van der Waals surface area contributed by atoms with Crippen molar-refractivity contribution in [3.63, 3.8) is 0 Å². The number of benzene rings is 1. The predicted octanol–water partition coefficient (Wildman–Crippen LogP) is 5.38. The van der Waals surface area contributed by atoms with Crippen LogP contribution in [0.25, 0.3) is 0 Å². The summed E-state index contributed by atoms with van der Waals surface area (Å²) in [5, 5.41) is 13.8. The van der Waals surface area contributed by atoms with Gasteiger partial charge in [-0.25, -0.2) is 0 Å². The third-order valence-corrected chi connectivity index (χ3v) is 6.06. The van der Waals surface area contributed by atoms with E-state index in [1.165, 1.54) is 19.1 Å². The minimum absolute atomic E-state index is 0.0973. The zero-order valence-corrected chi connectivity index (χ0v) is 18.5. The smallest absolute Gasteiger partial charge is 0.322 e. The van der Waals surface area contributed by atoms with Crippen LogP contribution < -0.4 is 9.61 Å². The van der Waals surface area contributed by atoms with E-state index in [1.54, 1.807) is 6.92 Å². The summed E-state index contributed by atoms with van der Waals surface area (Å²) in [4.78, 5) is 11.6. The van der Waals surface area contributed by atoms with Crippen LogP contribution in [0.5, 0.6) is 11.5 Å². The number of nitrogens with one attached hydrogen (secondary N) is 1. The second kappa shape index (κ2) is 11.4. The van der Waals surface area contributed by atoms with Crippen molar-refractivity contribution >= 4 is 14.9 Å². The highest BCUT2D eigenvalue weighted by Gasteiger charge is 2.23. The number of aryl methyl sites for hydroxylation is 1. The molecule has 0 saturated heterocycles. The summed E-state index contributed by atoms with van der Waals surface area (Å²) in [6.45, 7) is 6.07. The molecule has 3 atom stereocenters. The lowest BCUT2D eigenvalue weighted by atomic mass is 9.84. The molecule has 1 aliphatic carbocycles. The van der Waals surface area contributed by atoms with Gasteiger partial charge in [-0.05, 0) is 63.6 Å². The molecule has 0 aromatic heterocycles. The maximum absolute atomic E-state index is 11.6. The van der Waals surface area contributed by atoms with Gasteiger partial charge in [0.1, 0.15) is 26.5 Å². The Labute approximate surface area is 170 Å². The molecular weight excluding hydrogens is 373 g/mol. The molecule has 0 radical (unpaired) electrons. The van der Waals surface area contributed by atoms with Crippen LogP contribution in [0, 0.1) is 0 Å². The van der Waals surface area contributed by atoms with Gasteiger partial charge >= 0.3 is 5.97 Å². The van der Waals surface area contributed by atoms with Crippen LogP contribution in [0.2, 0.25) is 0 Å². The molecule has 1 aliphatic rings. The minimum atomic E-state index is -0.440. The van der Waals surface area contributed by atoms with Crippen LogP contribution in [0.3, 0.4) is 0 Å². The number of esters is 1. The molecule has 0 bridgehead atoms. The number of aromatic hydroxyl groups is 1. The molecule has 0 aliphatic heterocycles.